The van der Waals surface area contributed by atoms with Gasteiger partial charge in [-0.2, -0.15) is 13.2 Å². The van der Waals surface area contributed by atoms with E-state index in [1.807, 2.05) is 12.1 Å². The van der Waals surface area contributed by atoms with Crippen molar-refractivity contribution >= 4 is 22.6 Å². The number of carboxylic acid groups (broad SMARTS) is 1. The number of aryl methyl sites for hydroxylation is 1. The van der Waals surface area contributed by atoms with Crippen molar-refractivity contribution in [3.8, 4) is 5.75 Å². The maximum absolute atomic E-state index is 13.4. The summed E-state index contributed by atoms with van der Waals surface area (Å²) in [5.74, 6) is -0.292. The van der Waals surface area contributed by atoms with E-state index in [1.165, 1.54) is 6.07 Å². The molecule has 1 aliphatic carbocycles. The fourth-order valence-corrected chi connectivity index (χ4v) is 4.26. The van der Waals surface area contributed by atoms with Crippen LogP contribution >= 0.6 is 0 Å². The first-order chi connectivity index (χ1) is 14.8. The molecule has 8 heteroatoms. The van der Waals surface area contributed by atoms with Crippen molar-refractivity contribution in [1.29, 1.82) is 0 Å². The van der Waals surface area contributed by atoms with Crippen molar-refractivity contribution in [1.82, 2.24) is 4.98 Å². The van der Waals surface area contributed by atoms with Gasteiger partial charge in [-0.25, -0.2) is 0 Å². The van der Waals surface area contributed by atoms with Gasteiger partial charge in [-0.05, 0) is 61.2 Å². The van der Waals surface area contributed by atoms with Crippen LogP contribution in [-0.4, -0.2) is 22.6 Å². The van der Waals surface area contributed by atoms with Crippen LogP contribution in [-0.2, 0) is 24.0 Å². The summed E-state index contributed by atoms with van der Waals surface area (Å²) < 4.78 is 45.9. The SMILES string of the molecule is CCNc1ccc(COc2ccc3[nH]c4c(c3c2)CCC4CC(=O)O)cc1C(F)(F)F. The number of carbonyl (C=O) groups is 1. The standard InChI is InChI=1S/C23H23F3N2O3/c1-2-27-20-7-3-13(9-18(20)23(24,25)26)12-31-15-5-8-19-17(11-15)16-6-4-14(10-21(29)30)22(16)28-19/h3,5,7-9,11,14,27-28H,2,4,6,10,12H2,1H3,(H,29,30). The highest BCUT2D eigenvalue weighted by molar-refractivity contribution is 5.87. The van der Waals surface area contributed by atoms with Crippen molar-refractivity contribution in [2.24, 2.45) is 0 Å². The summed E-state index contributed by atoms with van der Waals surface area (Å²) in [5, 5.41) is 12.8. The molecule has 0 saturated heterocycles. The highest BCUT2D eigenvalue weighted by Crippen LogP contribution is 2.40. The van der Waals surface area contributed by atoms with E-state index in [0.717, 1.165) is 41.1 Å². The molecule has 1 atom stereocenters. The minimum atomic E-state index is -4.45. The van der Waals surface area contributed by atoms with E-state index in [-0.39, 0.29) is 24.6 Å². The van der Waals surface area contributed by atoms with Crippen molar-refractivity contribution in [3.63, 3.8) is 0 Å². The summed E-state index contributed by atoms with van der Waals surface area (Å²) in [7, 11) is 0. The maximum Gasteiger partial charge on any atom is 0.418 e. The van der Waals surface area contributed by atoms with Gasteiger partial charge in [0.15, 0.2) is 0 Å². The maximum atomic E-state index is 13.4. The van der Waals surface area contributed by atoms with Crippen LogP contribution in [0.4, 0.5) is 18.9 Å². The molecule has 0 bridgehead atoms. The van der Waals surface area contributed by atoms with Gasteiger partial charge in [0, 0.05) is 34.7 Å². The van der Waals surface area contributed by atoms with Crippen LogP contribution in [0.1, 0.15) is 48.1 Å². The number of hydrogen-bond donors (Lipinski definition) is 3. The fourth-order valence-electron chi connectivity index (χ4n) is 4.26. The first-order valence-corrected chi connectivity index (χ1v) is 10.2. The van der Waals surface area contributed by atoms with E-state index in [2.05, 4.69) is 10.3 Å². The monoisotopic (exact) mass is 432 g/mol. The van der Waals surface area contributed by atoms with Crippen LogP contribution in [0.25, 0.3) is 10.9 Å². The van der Waals surface area contributed by atoms with Crippen molar-refractivity contribution in [2.45, 2.75) is 44.9 Å². The summed E-state index contributed by atoms with van der Waals surface area (Å²) in [5.41, 5.74) is 2.74. The summed E-state index contributed by atoms with van der Waals surface area (Å²) in [6.07, 6.45) is -2.79. The molecular formula is C23H23F3N2O3. The number of hydrogen-bond acceptors (Lipinski definition) is 3. The number of alkyl halides is 3. The van der Waals surface area contributed by atoms with E-state index in [9.17, 15) is 18.0 Å². The zero-order valence-electron chi connectivity index (χ0n) is 17.0. The summed E-state index contributed by atoms with van der Waals surface area (Å²) >= 11 is 0. The molecule has 0 spiro atoms. The Hall–Kier alpha value is -3.16. The Morgan fingerprint density at radius 1 is 1.26 bits per heavy atom. The number of aromatic amines is 1. The van der Waals surface area contributed by atoms with Gasteiger partial charge in [0.1, 0.15) is 12.4 Å². The molecule has 0 amide bonds. The summed E-state index contributed by atoms with van der Waals surface area (Å²) in [4.78, 5) is 14.4. The number of aliphatic carboxylic acids is 1. The lowest BCUT2D eigenvalue weighted by Gasteiger charge is -2.15. The predicted octanol–water partition coefficient (Wildman–Crippen LogP) is 5.70. The Labute approximate surface area is 177 Å². The number of benzene rings is 2. The van der Waals surface area contributed by atoms with E-state index in [0.29, 0.717) is 17.9 Å². The minimum Gasteiger partial charge on any atom is -0.489 e. The molecule has 0 fully saturated rings. The second-order valence-corrected chi connectivity index (χ2v) is 7.75. The Balaban J connectivity index is 1.54. The van der Waals surface area contributed by atoms with Gasteiger partial charge in [0.25, 0.3) is 0 Å². The molecule has 1 aromatic heterocycles. The summed E-state index contributed by atoms with van der Waals surface area (Å²) in [6.45, 7) is 2.15. The number of anilines is 1. The zero-order valence-corrected chi connectivity index (χ0v) is 17.0. The molecule has 1 aliphatic rings. The van der Waals surface area contributed by atoms with Crippen LogP contribution < -0.4 is 10.1 Å². The molecule has 4 rings (SSSR count). The van der Waals surface area contributed by atoms with Crippen LogP contribution in [0.15, 0.2) is 36.4 Å². The zero-order chi connectivity index (χ0) is 22.2. The Morgan fingerprint density at radius 2 is 2.06 bits per heavy atom. The van der Waals surface area contributed by atoms with Crippen molar-refractivity contribution in [2.75, 3.05) is 11.9 Å². The fraction of sp³-hybridized carbons (Fsp3) is 0.348. The van der Waals surface area contributed by atoms with Crippen LogP contribution in [0, 0.1) is 0 Å². The highest BCUT2D eigenvalue weighted by Gasteiger charge is 2.33. The predicted molar refractivity (Wildman–Crippen MR) is 112 cm³/mol. The lowest BCUT2D eigenvalue weighted by Crippen LogP contribution is -2.11. The molecule has 31 heavy (non-hydrogen) atoms. The first kappa shape index (κ1) is 21.1. The lowest BCUT2D eigenvalue weighted by atomic mass is 10.0. The minimum absolute atomic E-state index is 0.00917. The molecule has 0 saturated carbocycles. The third-order valence-electron chi connectivity index (χ3n) is 5.64. The largest absolute Gasteiger partial charge is 0.489 e. The number of aromatic nitrogens is 1. The van der Waals surface area contributed by atoms with Gasteiger partial charge in [0.2, 0.25) is 0 Å². The topological polar surface area (TPSA) is 74.3 Å². The van der Waals surface area contributed by atoms with Gasteiger partial charge in [-0.15, -0.1) is 0 Å². The van der Waals surface area contributed by atoms with Gasteiger partial charge >= 0.3 is 12.1 Å². The average molecular weight is 432 g/mol. The number of fused-ring (bicyclic) bond motifs is 3. The molecule has 0 radical (unpaired) electrons. The average Bonchev–Trinajstić information content (AvgIpc) is 3.26. The van der Waals surface area contributed by atoms with E-state index >= 15 is 0 Å². The van der Waals surface area contributed by atoms with E-state index in [4.69, 9.17) is 9.84 Å². The van der Waals surface area contributed by atoms with Gasteiger partial charge in [0.05, 0.1) is 12.0 Å². The van der Waals surface area contributed by atoms with Crippen molar-refractivity contribution < 1.29 is 27.8 Å². The van der Waals surface area contributed by atoms with Crippen LogP contribution in [0.5, 0.6) is 5.75 Å². The van der Waals surface area contributed by atoms with Crippen LogP contribution in [0.2, 0.25) is 0 Å². The molecule has 5 nitrogen and oxygen atoms in total. The molecule has 164 valence electrons. The van der Waals surface area contributed by atoms with Crippen LogP contribution in [0.3, 0.4) is 0 Å². The quantitative estimate of drug-likeness (QED) is 0.448. The van der Waals surface area contributed by atoms with Gasteiger partial charge < -0.3 is 20.1 Å². The number of H-pyrrole nitrogens is 1. The van der Waals surface area contributed by atoms with Crippen molar-refractivity contribution in [3.05, 3.63) is 58.8 Å². The number of rotatable bonds is 7. The number of carboxylic acids is 1. The first-order valence-electron chi connectivity index (χ1n) is 10.2. The number of halogens is 3. The smallest absolute Gasteiger partial charge is 0.418 e. The Morgan fingerprint density at radius 3 is 2.77 bits per heavy atom. The Bertz CT molecular complexity index is 1120. The molecule has 0 aliphatic heterocycles. The van der Waals surface area contributed by atoms with Gasteiger partial charge in [-0.1, -0.05) is 6.07 Å². The molecule has 2 aromatic carbocycles. The van der Waals surface area contributed by atoms with E-state index < -0.39 is 17.7 Å². The normalized spacial score (nSPS) is 15.8. The molecule has 1 heterocycles. The Kier molecular flexibility index (Phi) is 5.56. The number of nitrogens with one attached hydrogen (secondary N) is 2. The highest BCUT2D eigenvalue weighted by atomic mass is 19.4. The molecule has 3 N–H and O–H groups in total. The van der Waals surface area contributed by atoms with Gasteiger partial charge in [-0.3, -0.25) is 4.79 Å². The third kappa shape index (κ3) is 4.33. The second kappa shape index (κ2) is 8.17. The van der Waals surface area contributed by atoms with E-state index in [1.54, 1.807) is 19.1 Å². The number of ether oxygens (including phenoxy) is 1. The molecular weight excluding hydrogens is 409 g/mol. The third-order valence-corrected chi connectivity index (χ3v) is 5.64. The molecule has 3 aromatic rings. The molecule has 1 unspecified atom stereocenters. The second-order valence-electron chi connectivity index (χ2n) is 7.75. The summed E-state index contributed by atoms with van der Waals surface area (Å²) in [6, 6.07) is 9.65. The lowest BCUT2D eigenvalue weighted by molar-refractivity contribution is -0.138.